The third-order valence-corrected chi connectivity index (χ3v) is 7.10. The van der Waals surface area contributed by atoms with E-state index in [0.29, 0.717) is 23.9 Å². The van der Waals surface area contributed by atoms with Crippen molar-refractivity contribution >= 4 is 27.2 Å². The predicted octanol–water partition coefficient (Wildman–Crippen LogP) is 3.79. The fraction of sp³-hybridized carbons (Fsp3) is 0.348. The highest BCUT2D eigenvalue weighted by atomic mass is 32.1. The molecule has 2 atom stereocenters. The van der Waals surface area contributed by atoms with Crippen LogP contribution in [0.2, 0.25) is 0 Å². The first-order valence-electron chi connectivity index (χ1n) is 10.2. The molecule has 150 valence electrons. The van der Waals surface area contributed by atoms with Crippen molar-refractivity contribution in [2.75, 3.05) is 32.7 Å². The van der Waals surface area contributed by atoms with Crippen molar-refractivity contribution in [3.63, 3.8) is 0 Å². The van der Waals surface area contributed by atoms with Crippen molar-refractivity contribution in [3.8, 4) is 0 Å². The van der Waals surface area contributed by atoms with Crippen LogP contribution in [0, 0.1) is 11.7 Å². The Labute approximate surface area is 174 Å². The maximum Gasteiger partial charge on any atom is 0.165 e. The molecule has 0 bridgehead atoms. The Morgan fingerprint density at radius 1 is 1.21 bits per heavy atom. The summed E-state index contributed by atoms with van der Waals surface area (Å²) in [5, 5.41) is 6.01. The Morgan fingerprint density at radius 3 is 2.93 bits per heavy atom. The molecule has 1 saturated heterocycles. The number of carbonyl (C=O) groups excluding carboxylic acids is 1. The minimum atomic E-state index is -0.289. The Balaban J connectivity index is 1.17. The lowest BCUT2D eigenvalue weighted by Crippen LogP contribution is -2.48. The van der Waals surface area contributed by atoms with Gasteiger partial charge in [-0.05, 0) is 30.5 Å². The van der Waals surface area contributed by atoms with E-state index in [1.165, 1.54) is 29.2 Å². The molecular weight excluding hydrogens is 385 g/mol. The van der Waals surface area contributed by atoms with E-state index in [9.17, 15) is 9.18 Å². The smallest absolute Gasteiger partial charge is 0.165 e. The molecular formula is C23H24FN3OS. The van der Waals surface area contributed by atoms with Crippen LogP contribution < -0.4 is 5.32 Å². The molecule has 0 saturated carbocycles. The molecule has 1 aromatic heterocycles. The van der Waals surface area contributed by atoms with E-state index in [2.05, 4.69) is 45.6 Å². The Hall–Kier alpha value is -2.44. The van der Waals surface area contributed by atoms with Crippen LogP contribution >= 0.6 is 11.3 Å². The van der Waals surface area contributed by atoms with Crippen molar-refractivity contribution in [1.82, 2.24) is 15.1 Å². The number of piperazine rings is 1. The summed E-state index contributed by atoms with van der Waals surface area (Å²) < 4.78 is 14.5. The van der Waals surface area contributed by atoms with Crippen LogP contribution in [0.3, 0.4) is 0 Å². The fourth-order valence-corrected chi connectivity index (χ4v) is 5.44. The summed E-state index contributed by atoms with van der Waals surface area (Å²) in [6.45, 7) is 4.64. The molecule has 5 rings (SSSR count). The molecule has 3 aliphatic rings. The number of ketones is 1. The van der Waals surface area contributed by atoms with Gasteiger partial charge in [0.2, 0.25) is 0 Å². The second kappa shape index (κ2) is 7.76. The number of carbonyl (C=O) groups is 1. The highest BCUT2D eigenvalue weighted by Gasteiger charge is 2.30. The zero-order valence-corrected chi connectivity index (χ0v) is 17.0. The van der Waals surface area contributed by atoms with Crippen LogP contribution in [-0.2, 0) is 0 Å². The monoisotopic (exact) mass is 409 g/mol. The molecule has 1 aliphatic carbocycles. The average molecular weight is 410 g/mol. The van der Waals surface area contributed by atoms with Crippen LogP contribution in [0.1, 0.15) is 16.8 Å². The van der Waals surface area contributed by atoms with Gasteiger partial charge >= 0.3 is 0 Å². The maximum atomic E-state index is 13.6. The number of nitrogens with zero attached hydrogens (tertiary/aromatic N) is 2. The molecule has 1 N–H and O–H groups in total. The highest BCUT2D eigenvalue weighted by Crippen LogP contribution is 2.30. The van der Waals surface area contributed by atoms with Crippen LogP contribution in [0.5, 0.6) is 0 Å². The summed E-state index contributed by atoms with van der Waals surface area (Å²) in [7, 11) is 0. The highest BCUT2D eigenvalue weighted by molar-refractivity contribution is 7.17. The number of fused-ring (bicyclic) bond motifs is 2. The first-order chi connectivity index (χ1) is 14.2. The van der Waals surface area contributed by atoms with Gasteiger partial charge in [0, 0.05) is 71.8 Å². The number of nitrogens with one attached hydrogen (secondary N) is 1. The van der Waals surface area contributed by atoms with Crippen LogP contribution in [-0.4, -0.2) is 54.3 Å². The van der Waals surface area contributed by atoms with Gasteiger partial charge in [0.15, 0.2) is 5.78 Å². The van der Waals surface area contributed by atoms with Crippen molar-refractivity contribution in [3.05, 3.63) is 71.2 Å². The van der Waals surface area contributed by atoms with Gasteiger partial charge < -0.3 is 10.2 Å². The minimum Gasteiger partial charge on any atom is -0.384 e. The van der Waals surface area contributed by atoms with Crippen LogP contribution in [0.25, 0.3) is 10.1 Å². The normalized spacial score (nSPS) is 23.9. The quantitative estimate of drug-likeness (QED) is 0.763. The molecule has 6 heteroatoms. The van der Waals surface area contributed by atoms with Gasteiger partial charge in [0.25, 0.3) is 0 Å². The Bertz CT molecular complexity index is 1020. The number of thiophene rings is 1. The molecule has 0 spiro atoms. The molecule has 0 amide bonds. The lowest BCUT2D eigenvalue weighted by atomic mass is 9.92. The summed E-state index contributed by atoms with van der Waals surface area (Å²) >= 11 is 1.51. The van der Waals surface area contributed by atoms with E-state index >= 15 is 0 Å². The standard InChI is InChI=1S/C23H24FN3OS/c24-16-4-5-23-18(14-16)19(15-29-23)22(28)7-9-26-10-12-27(13-11-26)21-3-1-2-20-17(21)6-8-25-20/h1-6,8,14-15,17,20,25H,7,9-13H2. The zero-order valence-electron chi connectivity index (χ0n) is 16.2. The molecule has 4 nitrogen and oxygen atoms in total. The van der Waals surface area contributed by atoms with Crippen molar-refractivity contribution in [2.24, 2.45) is 5.92 Å². The van der Waals surface area contributed by atoms with Gasteiger partial charge in [-0.3, -0.25) is 9.69 Å². The van der Waals surface area contributed by atoms with Crippen molar-refractivity contribution < 1.29 is 9.18 Å². The second-order valence-corrected chi connectivity index (χ2v) is 8.76. The third-order valence-electron chi connectivity index (χ3n) is 6.13. The summed E-state index contributed by atoms with van der Waals surface area (Å²) in [5.41, 5.74) is 2.05. The van der Waals surface area contributed by atoms with E-state index in [0.717, 1.165) is 42.8 Å². The van der Waals surface area contributed by atoms with E-state index < -0.39 is 0 Å². The number of Topliss-reactive ketones (excluding diaryl/α,β-unsaturated/α-hetero) is 1. The van der Waals surface area contributed by atoms with Gasteiger partial charge in [-0.15, -0.1) is 11.3 Å². The van der Waals surface area contributed by atoms with Gasteiger partial charge in [-0.1, -0.05) is 18.2 Å². The Morgan fingerprint density at radius 2 is 2.07 bits per heavy atom. The lowest BCUT2D eigenvalue weighted by Gasteiger charge is -2.40. The SMILES string of the molecule is O=C(CCN1CCN(C2=CC=CC3NC=CC23)CC1)c1csc2ccc(F)cc12. The topological polar surface area (TPSA) is 35.6 Å². The maximum absolute atomic E-state index is 13.6. The number of hydrogen-bond donors (Lipinski definition) is 1. The molecule has 0 radical (unpaired) electrons. The number of rotatable bonds is 5. The summed E-state index contributed by atoms with van der Waals surface area (Å²) in [4.78, 5) is 17.6. The van der Waals surface area contributed by atoms with E-state index in [1.807, 2.05) is 5.38 Å². The molecule has 3 heterocycles. The molecule has 1 fully saturated rings. The number of allylic oxidation sites excluding steroid dienone is 2. The molecule has 29 heavy (non-hydrogen) atoms. The third kappa shape index (κ3) is 3.63. The molecule has 2 aliphatic heterocycles. The Kier molecular flexibility index (Phi) is 4.97. The van der Waals surface area contributed by atoms with Crippen molar-refractivity contribution in [1.29, 1.82) is 0 Å². The van der Waals surface area contributed by atoms with E-state index in [4.69, 9.17) is 0 Å². The van der Waals surface area contributed by atoms with Gasteiger partial charge in [-0.2, -0.15) is 0 Å². The van der Waals surface area contributed by atoms with E-state index in [1.54, 1.807) is 6.07 Å². The largest absolute Gasteiger partial charge is 0.384 e. The fourth-order valence-electron chi connectivity index (χ4n) is 4.49. The second-order valence-electron chi connectivity index (χ2n) is 7.85. The van der Waals surface area contributed by atoms with E-state index in [-0.39, 0.29) is 11.6 Å². The van der Waals surface area contributed by atoms with Gasteiger partial charge in [0.1, 0.15) is 5.82 Å². The summed E-state index contributed by atoms with van der Waals surface area (Å²) in [5.74, 6) is 0.247. The number of hydrogen-bond acceptors (Lipinski definition) is 5. The molecule has 2 aromatic rings. The van der Waals surface area contributed by atoms with Gasteiger partial charge in [-0.25, -0.2) is 4.39 Å². The van der Waals surface area contributed by atoms with Crippen LogP contribution in [0.15, 0.2) is 59.8 Å². The number of benzene rings is 1. The van der Waals surface area contributed by atoms with Gasteiger partial charge in [0.05, 0.1) is 6.04 Å². The average Bonchev–Trinajstić information content (AvgIpc) is 3.39. The summed E-state index contributed by atoms with van der Waals surface area (Å²) in [6.07, 6.45) is 11.4. The van der Waals surface area contributed by atoms with Crippen molar-refractivity contribution in [2.45, 2.75) is 12.5 Å². The predicted molar refractivity (Wildman–Crippen MR) is 116 cm³/mol. The molecule has 2 unspecified atom stereocenters. The zero-order chi connectivity index (χ0) is 19.8. The van der Waals surface area contributed by atoms with Crippen LogP contribution in [0.4, 0.5) is 4.39 Å². The minimum absolute atomic E-state index is 0.106. The lowest BCUT2D eigenvalue weighted by molar-refractivity contribution is 0.0942. The first kappa shape index (κ1) is 18.6. The molecule has 1 aromatic carbocycles. The number of halogens is 1. The first-order valence-corrected chi connectivity index (χ1v) is 11.1. The summed E-state index contributed by atoms with van der Waals surface area (Å²) in [6, 6.07) is 5.06.